The second-order valence-electron chi connectivity index (χ2n) is 9.17. The van der Waals surface area contributed by atoms with Gasteiger partial charge in [0.2, 0.25) is 0 Å². The van der Waals surface area contributed by atoms with E-state index in [9.17, 15) is 26.9 Å². The summed E-state index contributed by atoms with van der Waals surface area (Å²) >= 11 is 0. The molecule has 0 bridgehead atoms. The quantitative estimate of drug-likeness (QED) is 0.304. The fourth-order valence-electron chi connectivity index (χ4n) is 4.48. The molecule has 5 rings (SSSR count). The van der Waals surface area contributed by atoms with Crippen LogP contribution in [0, 0.1) is 11.3 Å². The van der Waals surface area contributed by atoms with Crippen LogP contribution in [0.4, 0.5) is 13.2 Å². The first-order chi connectivity index (χ1) is 17.5. The van der Waals surface area contributed by atoms with Crippen molar-refractivity contribution in [1.82, 2.24) is 14.5 Å². The minimum Gasteiger partial charge on any atom is -0.346 e. The number of sulfone groups is 1. The number of hydrogen-bond donors (Lipinski definition) is 0. The van der Waals surface area contributed by atoms with E-state index < -0.39 is 27.0 Å². The Hall–Kier alpha value is -3.71. The number of benzene rings is 1. The summed E-state index contributed by atoms with van der Waals surface area (Å²) in [5, 5.41) is 9.44. The van der Waals surface area contributed by atoms with E-state index in [1.54, 1.807) is 13.0 Å². The zero-order chi connectivity index (χ0) is 26.6. The third-order valence-corrected chi connectivity index (χ3v) is 8.63. The molecule has 1 saturated carbocycles. The highest BCUT2D eigenvalue weighted by atomic mass is 32.2. The van der Waals surface area contributed by atoms with E-state index in [-0.39, 0.29) is 34.3 Å². The van der Waals surface area contributed by atoms with Gasteiger partial charge in [0.15, 0.2) is 9.84 Å². The van der Waals surface area contributed by atoms with Crippen molar-refractivity contribution in [3.05, 3.63) is 66.0 Å². The van der Waals surface area contributed by atoms with Gasteiger partial charge in [-0.2, -0.15) is 18.4 Å². The summed E-state index contributed by atoms with van der Waals surface area (Å²) in [5.41, 5.74) is 1.84. The Morgan fingerprint density at radius 1 is 1.05 bits per heavy atom. The lowest BCUT2D eigenvalue weighted by Gasteiger charge is -2.14. The Morgan fingerprint density at radius 3 is 2.32 bits per heavy atom. The van der Waals surface area contributed by atoms with E-state index >= 15 is 0 Å². The predicted molar refractivity (Wildman–Crippen MR) is 132 cm³/mol. The summed E-state index contributed by atoms with van der Waals surface area (Å²) in [6, 6.07) is 13.8. The van der Waals surface area contributed by atoms with Gasteiger partial charge in [0.25, 0.3) is 0 Å². The highest BCUT2D eigenvalue weighted by Crippen LogP contribution is 2.47. The van der Waals surface area contributed by atoms with E-state index in [0.29, 0.717) is 11.3 Å². The normalized spacial score (nSPS) is 15.0. The second kappa shape index (κ2) is 8.70. The van der Waals surface area contributed by atoms with Crippen LogP contribution in [0.2, 0.25) is 0 Å². The topological polar surface area (TPSA) is 88.6 Å². The minimum atomic E-state index is -4.54. The third-order valence-electron chi connectivity index (χ3n) is 6.89. The molecule has 1 aromatic carbocycles. The molecule has 3 aliphatic rings. The van der Waals surface area contributed by atoms with E-state index in [4.69, 9.17) is 0 Å². The summed E-state index contributed by atoms with van der Waals surface area (Å²) in [7, 11) is -3.75. The van der Waals surface area contributed by atoms with Crippen molar-refractivity contribution in [2.45, 2.75) is 49.7 Å². The first-order valence-corrected chi connectivity index (χ1v) is 13.5. The predicted octanol–water partition coefficient (Wildman–Crippen LogP) is 6.10. The first kappa shape index (κ1) is 25.0. The third kappa shape index (κ3) is 4.37. The number of aromatic nitrogens is 3. The molecule has 37 heavy (non-hydrogen) atoms. The maximum atomic E-state index is 13.4. The summed E-state index contributed by atoms with van der Waals surface area (Å²) in [6.45, 7) is 3.52. The molecular weight excluding hydrogens is 501 g/mol. The molecule has 1 aliphatic carbocycles. The molecule has 0 amide bonds. The van der Waals surface area contributed by atoms with Gasteiger partial charge in [-0.15, -0.1) is 0 Å². The van der Waals surface area contributed by atoms with Crippen molar-refractivity contribution >= 4 is 9.84 Å². The Labute approximate surface area is 212 Å². The molecule has 1 aromatic heterocycles. The van der Waals surface area contributed by atoms with Gasteiger partial charge in [0.1, 0.15) is 5.69 Å². The molecule has 0 saturated heterocycles. The number of pyridine rings is 2. The van der Waals surface area contributed by atoms with Gasteiger partial charge < -0.3 is 4.57 Å². The maximum absolute atomic E-state index is 13.4. The van der Waals surface area contributed by atoms with Crippen LogP contribution in [0.25, 0.3) is 33.9 Å². The zero-order valence-corrected chi connectivity index (χ0v) is 21.0. The zero-order valence-electron chi connectivity index (χ0n) is 20.2. The molecule has 10 heteroatoms. The maximum Gasteiger partial charge on any atom is 0.417 e. The molecule has 2 aliphatic heterocycles. The van der Waals surface area contributed by atoms with E-state index in [1.165, 1.54) is 23.8 Å². The van der Waals surface area contributed by atoms with Gasteiger partial charge in [-0.25, -0.2) is 13.4 Å². The number of hydrogen-bond acceptors (Lipinski definition) is 5. The molecule has 1 fully saturated rings. The Morgan fingerprint density at radius 2 is 1.76 bits per heavy atom. The average Bonchev–Trinajstić information content (AvgIpc) is 3.58. The lowest BCUT2D eigenvalue weighted by Crippen LogP contribution is -2.10. The van der Waals surface area contributed by atoms with Crippen LogP contribution in [-0.2, 0) is 28.0 Å². The van der Waals surface area contributed by atoms with Gasteiger partial charge in [-0.1, -0.05) is 31.2 Å². The summed E-state index contributed by atoms with van der Waals surface area (Å²) in [5.74, 6) is -0.178. The fourth-order valence-corrected chi connectivity index (χ4v) is 5.55. The largest absolute Gasteiger partial charge is 0.417 e. The smallest absolute Gasteiger partial charge is 0.346 e. The van der Waals surface area contributed by atoms with E-state index in [0.717, 1.165) is 36.2 Å². The monoisotopic (exact) mass is 524 g/mol. The van der Waals surface area contributed by atoms with Crippen LogP contribution >= 0.6 is 0 Å². The molecule has 0 unspecified atom stereocenters. The van der Waals surface area contributed by atoms with Crippen LogP contribution in [-0.4, -0.2) is 28.7 Å². The van der Waals surface area contributed by atoms with E-state index in [1.807, 2.05) is 24.3 Å². The van der Waals surface area contributed by atoms with Crippen molar-refractivity contribution in [3.63, 3.8) is 0 Å². The minimum absolute atomic E-state index is 0.0332. The van der Waals surface area contributed by atoms with Gasteiger partial charge in [-0.05, 0) is 49.1 Å². The van der Waals surface area contributed by atoms with Crippen LogP contribution < -0.4 is 0 Å². The van der Waals surface area contributed by atoms with Gasteiger partial charge in [0, 0.05) is 24.5 Å². The highest BCUT2D eigenvalue weighted by Gasteiger charge is 2.44. The summed E-state index contributed by atoms with van der Waals surface area (Å²) in [4.78, 5) is 8.76. The van der Waals surface area contributed by atoms with Crippen molar-refractivity contribution < 1.29 is 21.6 Å². The van der Waals surface area contributed by atoms with Gasteiger partial charge in [0.05, 0.1) is 44.8 Å². The fraction of sp³-hybridized carbons (Fsp3) is 0.296. The van der Waals surface area contributed by atoms with Crippen molar-refractivity contribution in [3.8, 4) is 40.0 Å². The van der Waals surface area contributed by atoms with Crippen LogP contribution in [0.1, 0.15) is 37.8 Å². The number of rotatable bonds is 6. The Kier molecular flexibility index (Phi) is 5.87. The lowest BCUT2D eigenvalue weighted by atomic mass is 9.95. The van der Waals surface area contributed by atoms with Crippen molar-refractivity contribution in [2.24, 2.45) is 0 Å². The molecule has 0 N–H and O–H groups in total. The SMILES string of the molecule is CCn1cc(C(F)(F)F)cc2nc(-c3ncc(-c4ccc(C5(C#N)CC5)cc4)cc3S(=O)(=O)CC)cc1-2. The molecule has 0 spiro atoms. The summed E-state index contributed by atoms with van der Waals surface area (Å²) in [6.07, 6.45) is -0.341. The molecule has 2 aromatic rings. The second-order valence-corrected chi connectivity index (χ2v) is 11.4. The molecular formula is C27H23F3N4O2S. The van der Waals surface area contributed by atoms with E-state index in [2.05, 4.69) is 16.0 Å². The number of nitrogens with zero attached hydrogens (tertiary/aromatic N) is 4. The average molecular weight is 525 g/mol. The molecule has 3 heterocycles. The summed E-state index contributed by atoms with van der Waals surface area (Å²) < 4.78 is 67.8. The lowest BCUT2D eigenvalue weighted by molar-refractivity contribution is -0.138. The standard InChI is InChI=1S/C27H23F3N4O2S/c1-3-34-15-20(27(28,29)30)12-21-23(34)13-22(33-21)25-24(37(35,36)4-2)11-18(14-32-25)17-5-7-19(8-6-17)26(16-31)9-10-26/h5-8,11-15H,3-4,9-10H2,1-2H3. The van der Waals surface area contributed by atoms with Gasteiger partial charge in [-0.3, -0.25) is 4.98 Å². The van der Waals surface area contributed by atoms with Crippen molar-refractivity contribution in [1.29, 1.82) is 5.26 Å². The number of halogens is 3. The Balaban J connectivity index is 1.63. The molecule has 6 nitrogen and oxygen atoms in total. The number of nitriles is 1. The number of alkyl halides is 3. The highest BCUT2D eigenvalue weighted by molar-refractivity contribution is 7.91. The molecule has 190 valence electrons. The Bertz CT molecular complexity index is 1610. The first-order valence-electron chi connectivity index (χ1n) is 11.8. The van der Waals surface area contributed by atoms with Crippen LogP contribution in [0.3, 0.4) is 0 Å². The molecule has 0 atom stereocenters. The van der Waals surface area contributed by atoms with Crippen LogP contribution in [0.15, 0.2) is 59.8 Å². The number of fused-ring (bicyclic) bond motifs is 1. The van der Waals surface area contributed by atoms with Crippen LogP contribution in [0.5, 0.6) is 0 Å². The number of aryl methyl sites for hydroxylation is 1. The van der Waals surface area contributed by atoms with Crippen molar-refractivity contribution in [2.75, 3.05) is 5.75 Å². The molecule has 0 radical (unpaired) electrons. The van der Waals surface area contributed by atoms with Gasteiger partial charge >= 0.3 is 6.18 Å².